The van der Waals surface area contributed by atoms with Crippen LogP contribution in [-0.4, -0.2) is 5.91 Å². The van der Waals surface area contributed by atoms with E-state index in [9.17, 15) is 9.36 Å². The number of thiophene rings is 1. The lowest BCUT2D eigenvalue weighted by Gasteiger charge is -2.22. The third-order valence-corrected chi connectivity index (χ3v) is 7.84. The lowest BCUT2D eigenvalue weighted by molar-refractivity contribution is 0.0973. The maximum Gasteiger partial charge on any atom is 0.306 e. The molecule has 4 rings (SSSR count). The van der Waals surface area contributed by atoms with Crippen LogP contribution in [0.25, 0.3) is 5.76 Å². The largest absolute Gasteiger partial charge is 0.435 e. The van der Waals surface area contributed by atoms with Gasteiger partial charge in [-0.25, -0.2) is 0 Å². The maximum atomic E-state index is 14.3. The molecule has 0 saturated carbocycles. The number of amides is 1. The van der Waals surface area contributed by atoms with Crippen molar-refractivity contribution in [2.45, 2.75) is 0 Å². The molecule has 0 bridgehead atoms. The number of hydrogen-bond acceptors (Lipinski definition) is 4. The van der Waals surface area contributed by atoms with Crippen molar-refractivity contribution in [2.24, 2.45) is 0 Å². The Labute approximate surface area is 185 Å². The zero-order valence-electron chi connectivity index (χ0n) is 16.5. The lowest BCUT2D eigenvalue weighted by atomic mass is 10.2. The molecule has 6 heteroatoms. The van der Waals surface area contributed by atoms with Crippen LogP contribution in [0.3, 0.4) is 0 Å². The van der Waals surface area contributed by atoms with Crippen molar-refractivity contribution in [3.63, 3.8) is 0 Å². The SMILES string of the molecule is O=C(NC=C(OP(=O)(c1ccccc1)c1ccccc1)c1ccccc1)c1cccs1. The fraction of sp³-hybridized carbons (Fsp3) is 0. The van der Waals surface area contributed by atoms with Crippen LogP contribution >= 0.6 is 18.7 Å². The third kappa shape index (κ3) is 4.85. The minimum absolute atomic E-state index is 0.249. The van der Waals surface area contributed by atoms with Gasteiger partial charge in [0.1, 0.15) is 0 Å². The molecule has 3 aromatic carbocycles. The predicted octanol–water partition coefficient (Wildman–Crippen LogP) is 5.42. The van der Waals surface area contributed by atoms with Gasteiger partial charge in [0, 0.05) is 11.8 Å². The zero-order chi connectivity index (χ0) is 21.5. The monoisotopic (exact) mass is 445 g/mol. The summed E-state index contributed by atoms with van der Waals surface area (Å²) in [7, 11) is -3.48. The minimum atomic E-state index is -3.48. The molecule has 4 aromatic rings. The van der Waals surface area contributed by atoms with Crippen LogP contribution in [0, 0.1) is 0 Å². The molecule has 154 valence electrons. The highest BCUT2D eigenvalue weighted by Crippen LogP contribution is 2.48. The van der Waals surface area contributed by atoms with E-state index in [0.29, 0.717) is 26.8 Å². The topological polar surface area (TPSA) is 55.4 Å². The highest BCUT2D eigenvalue weighted by molar-refractivity contribution is 7.74. The van der Waals surface area contributed by atoms with Crippen LogP contribution in [0.2, 0.25) is 0 Å². The van der Waals surface area contributed by atoms with Gasteiger partial charge in [0.25, 0.3) is 5.91 Å². The number of benzene rings is 3. The Hall–Kier alpha value is -3.40. The van der Waals surface area contributed by atoms with Gasteiger partial charge in [-0.15, -0.1) is 11.3 Å². The van der Waals surface area contributed by atoms with Crippen molar-refractivity contribution in [3.05, 3.63) is 125 Å². The molecular formula is C25H20NO3PS. The summed E-state index contributed by atoms with van der Waals surface area (Å²) in [4.78, 5) is 13.1. The van der Waals surface area contributed by atoms with E-state index in [1.807, 2.05) is 78.2 Å². The number of hydrogen-bond donors (Lipinski definition) is 1. The Balaban J connectivity index is 1.75. The summed E-state index contributed by atoms with van der Waals surface area (Å²) in [6, 6.07) is 31.1. The Kier molecular flexibility index (Phi) is 6.46. The van der Waals surface area contributed by atoms with E-state index in [0.717, 1.165) is 0 Å². The van der Waals surface area contributed by atoms with Gasteiger partial charge in [-0.1, -0.05) is 72.8 Å². The number of carbonyl (C=O) groups excluding carboxylic acids is 1. The minimum Gasteiger partial charge on any atom is -0.435 e. The van der Waals surface area contributed by atoms with Crippen LogP contribution in [0.15, 0.2) is 115 Å². The summed E-state index contributed by atoms with van der Waals surface area (Å²) in [6.45, 7) is 0. The quantitative estimate of drug-likeness (QED) is 0.305. The second kappa shape index (κ2) is 9.61. The zero-order valence-corrected chi connectivity index (χ0v) is 18.3. The van der Waals surface area contributed by atoms with E-state index >= 15 is 0 Å². The molecule has 0 fully saturated rings. The second-order valence-corrected chi connectivity index (χ2v) is 9.91. The molecule has 0 aliphatic rings. The molecule has 1 amide bonds. The van der Waals surface area contributed by atoms with Crippen molar-refractivity contribution < 1.29 is 13.9 Å². The van der Waals surface area contributed by atoms with Crippen molar-refractivity contribution in [1.82, 2.24) is 5.32 Å². The molecule has 0 saturated heterocycles. The predicted molar refractivity (Wildman–Crippen MR) is 127 cm³/mol. The highest BCUT2D eigenvalue weighted by Gasteiger charge is 2.31. The first kappa shape index (κ1) is 20.9. The molecule has 1 N–H and O–H groups in total. The third-order valence-electron chi connectivity index (χ3n) is 4.56. The van der Waals surface area contributed by atoms with Crippen LogP contribution in [-0.2, 0) is 9.09 Å². The van der Waals surface area contributed by atoms with Gasteiger partial charge in [-0.05, 0) is 35.7 Å². The van der Waals surface area contributed by atoms with E-state index in [1.54, 1.807) is 30.3 Å². The lowest BCUT2D eigenvalue weighted by Crippen LogP contribution is -2.20. The molecular weight excluding hydrogens is 425 g/mol. The Morgan fingerprint density at radius 1 is 0.774 bits per heavy atom. The van der Waals surface area contributed by atoms with Gasteiger partial charge in [-0.2, -0.15) is 0 Å². The molecule has 0 spiro atoms. The van der Waals surface area contributed by atoms with Gasteiger partial charge in [0.2, 0.25) is 0 Å². The van der Waals surface area contributed by atoms with Crippen LogP contribution in [0.1, 0.15) is 15.2 Å². The van der Waals surface area contributed by atoms with E-state index in [4.69, 9.17) is 4.52 Å². The average Bonchev–Trinajstić information content (AvgIpc) is 3.38. The van der Waals surface area contributed by atoms with Crippen molar-refractivity contribution in [2.75, 3.05) is 0 Å². The molecule has 0 radical (unpaired) electrons. The number of rotatable bonds is 7. The van der Waals surface area contributed by atoms with Crippen LogP contribution in [0.5, 0.6) is 0 Å². The summed E-state index contributed by atoms with van der Waals surface area (Å²) >= 11 is 1.35. The molecule has 31 heavy (non-hydrogen) atoms. The van der Waals surface area contributed by atoms with E-state index < -0.39 is 7.37 Å². The van der Waals surface area contributed by atoms with Gasteiger partial charge in [-0.3, -0.25) is 9.36 Å². The summed E-state index contributed by atoms with van der Waals surface area (Å²) in [6.07, 6.45) is 1.48. The Morgan fingerprint density at radius 3 is 1.84 bits per heavy atom. The molecule has 4 nitrogen and oxygen atoms in total. The first-order valence-electron chi connectivity index (χ1n) is 9.68. The molecule has 1 aromatic heterocycles. The van der Waals surface area contributed by atoms with E-state index in [2.05, 4.69) is 5.32 Å². The van der Waals surface area contributed by atoms with Gasteiger partial charge in [0.05, 0.1) is 15.5 Å². The molecule has 0 aliphatic carbocycles. The first-order chi connectivity index (χ1) is 15.2. The maximum absolute atomic E-state index is 14.3. The number of nitrogens with one attached hydrogen (secondary N) is 1. The normalized spacial score (nSPS) is 11.7. The summed E-state index contributed by atoms with van der Waals surface area (Å²) in [5.74, 6) is 0.0721. The van der Waals surface area contributed by atoms with Crippen LogP contribution < -0.4 is 15.9 Å². The van der Waals surface area contributed by atoms with Crippen molar-refractivity contribution >= 4 is 41.0 Å². The summed E-state index contributed by atoms with van der Waals surface area (Å²) in [5.41, 5.74) is 0.709. The van der Waals surface area contributed by atoms with E-state index in [1.165, 1.54) is 17.5 Å². The van der Waals surface area contributed by atoms with Gasteiger partial charge in [0.15, 0.2) is 5.76 Å². The van der Waals surface area contributed by atoms with Crippen molar-refractivity contribution in [1.29, 1.82) is 0 Å². The van der Waals surface area contributed by atoms with Gasteiger partial charge < -0.3 is 9.84 Å². The summed E-state index contributed by atoms with van der Waals surface area (Å²) < 4.78 is 20.6. The van der Waals surface area contributed by atoms with Crippen LogP contribution in [0.4, 0.5) is 0 Å². The molecule has 0 atom stereocenters. The van der Waals surface area contributed by atoms with E-state index in [-0.39, 0.29) is 5.91 Å². The number of carbonyl (C=O) groups is 1. The fourth-order valence-electron chi connectivity index (χ4n) is 3.02. The summed E-state index contributed by atoms with van der Waals surface area (Å²) in [5, 5.41) is 5.76. The fourth-order valence-corrected chi connectivity index (χ4v) is 5.72. The molecule has 0 unspecified atom stereocenters. The molecule has 0 aliphatic heterocycles. The van der Waals surface area contributed by atoms with Gasteiger partial charge >= 0.3 is 7.37 Å². The smallest absolute Gasteiger partial charge is 0.306 e. The Morgan fingerprint density at radius 2 is 1.32 bits per heavy atom. The second-order valence-electron chi connectivity index (χ2n) is 6.64. The highest BCUT2D eigenvalue weighted by atomic mass is 32.1. The standard InChI is InChI=1S/C25H20NO3PS/c27-25(24-17-10-18-31-24)26-19-23(20-11-4-1-5-12-20)29-30(28,21-13-6-2-7-14-21)22-15-8-3-9-16-22/h1-19H,(H,26,27). The van der Waals surface area contributed by atoms with Crippen molar-refractivity contribution in [3.8, 4) is 0 Å². The average molecular weight is 445 g/mol. The molecule has 1 heterocycles. The Bertz CT molecular complexity index is 1160. The first-order valence-corrected chi connectivity index (χ1v) is 12.2.